The second kappa shape index (κ2) is 9.39. The predicted octanol–water partition coefficient (Wildman–Crippen LogP) is 2.85. The van der Waals surface area contributed by atoms with E-state index in [0.717, 1.165) is 0 Å². The molecule has 7 nitrogen and oxygen atoms in total. The number of nitrogens with zero attached hydrogens (tertiary/aromatic N) is 1. The first kappa shape index (κ1) is 21.3. The molecule has 0 unspecified atom stereocenters. The molecule has 8 heteroatoms. The fourth-order valence-corrected chi connectivity index (χ4v) is 4.38. The molecule has 1 fully saturated rings. The van der Waals surface area contributed by atoms with Crippen LogP contribution in [0.2, 0.25) is 0 Å². The Morgan fingerprint density at radius 1 is 1.10 bits per heavy atom. The summed E-state index contributed by atoms with van der Waals surface area (Å²) in [6.07, 6.45) is 0.0498. The van der Waals surface area contributed by atoms with Gasteiger partial charge in [-0.2, -0.15) is 4.31 Å². The smallest absolute Gasteiger partial charge is 0.338 e. The summed E-state index contributed by atoms with van der Waals surface area (Å²) in [6, 6.07) is 13.2. The topological polar surface area (TPSA) is 82.1 Å². The Kier molecular flexibility index (Phi) is 6.89. The quantitative estimate of drug-likeness (QED) is 0.642. The Morgan fingerprint density at radius 3 is 2.45 bits per heavy atom. The van der Waals surface area contributed by atoms with Crippen LogP contribution in [0.25, 0.3) is 0 Å². The number of hydrogen-bond acceptors (Lipinski definition) is 6. The van der Waals surface area contributed by atoms with Crippen LogP contribution in [0.15, 0.2) is 53.4 Å². The van der Waals surface area contributed by atoms with E-state index in [2.05, 4.69) is 0 Å². The predicted molar refractivity (Wildman–Crippen MR) is 107 cm³/mol. The SMILES string of the molecule is CC(C)Oc1ccc(C(=O)OCc2cccc(S(=O)(=O)N3CCOCC3)c2)cc1. The largest absolute Gasteiger partial charge is 0.491 e. The summed E-state index contributed by atoms with van der Waals surface area (Å²) in [4.78, 5) is 12.5. The molecule has 0 bridgehead atoms. The molecule has 0 aliphatic carbocycles. The van der Waals surface area contributed by atoms with E-state index in [1.807, 2.05) is 13.8 Å². The molecule has 0 aromatic heterocycles. The number of hydrogen-bond donors (Lipinski definition) is 0. The van der Waals surface area contributed by atoms with E-state index in [1.54, 1.807) is 42.5 Å². The molecule has 3 rings (SSSR count). The van der Waals surface area contributed by atoms with Gasteiger partial charge >= 0.3 is 5.97 Å². The van der Waals surface area contributed by atoms with Gasteiger partial charge in [-0.3, -0.25) is 0 Å². The molecule has 1 aliphatic heterocycles. The van der Waals surface area contributed by atoms with Gasteiger partial charge in [0.1, 0.15) is 12.4 Å². The van der Waals surface area contributed by atoms with Crippen LogP contribution < -0.4 is 4.74 Å². The van der Waals surface area contributed by atoms with E-state index in [1.165, 1.54) is 10.4 Å². The van der Waals surface area contributed by atoms with Crippen LogP contribution in [0.3, 0.4) is 0 Å². The van der Waals surface area contributed by atoms with Crippen molar-refractivity contribution < 1.29 is 27.4 Å². The van der Waals surface area contributed by atoms with Crippen LogP contribution in [0, 0.1) is 0 Å². The van der Waals surface area contributed by atoms with E-state index < -0.39 is 16.0 Å². The highest BCUT2D eigenvalue weighted by Crippen LogP contribution is 2.19. The van der Waals surface area contributed by atoms with E-state index in [0.29, 0.717) is 43.2 Å². The molecule has 0 spiro atoms. The van der Waals surface area contributed by atoms with Crippen molar-refractivity contribution in [2.24, 2.45) is 0 Å². The zero-order valence-corrected chi connectivity index (χ0v) is 17.4. The number of carbonyl (C=O) groups is 1. The lowest BCUT2D eigenvalue weighted by Crippen LogP contribution is -2.40. The highest BCUT2D eigenvalue weighted by Gasteiger charge is 2.26. The highest BCUT2D eigenvalue weighted by atomic mass is 32.2. The summed E-state index contributed by atoms with van der Waals surface area (Å²) in [5, 5.41) is 0. The molecule has 0 N–H and O–H groups in total. The van der Waals surface area contributed by atoms with Crippen molar-refractivity contribution in [1.82, 2.24) is 4.31 Å². The van der Waals surface area contributed by atoms with Gasteiger partial charge in [0.25, 0.3) is 0 Å². The minimum atomic E-state index is -3.59. The Bertz CT molecular complexity index is 934. The van der Waals surface area contributed by atoms with Crippen LogP contribution in [0.1, 0.15) is 29.8 Å². The van der Waals surface area contributed by atoms with Crippen LogP contribution in [-0.2, 0) is 26.1 Å². The van der Waals surface area contributed by atoms with Gasteiger partial charge in [0, 0.05) is 13.1 Å². The van der Waals surface area contributed by atoms with Gasteiger partial charge in [0.05, 0.1) is 29.8 Å². The van der Waals surface area contributed by atoms with Crippen LogP contribution >= 0.6 is 0 Å². The van der Waals surface area contributed by atoms with Gasteiger partial charge in [0.2, 0.25) is 10.0 Å². The van der Waals surface area contributed by atoms with Crippen molar-refractivity contribution in [3.63, 3.8) is 0 Å². The van der Waals surface area contributed by atoms with Gasteiger partial charge < -0.3 is 14.2 Å². The minimum absolute atomic E-state index is 0.0183. The highest BCUT2D eigenvalue weighted by molar-refractivity contribution is 7.89. The normalized spacial score (nSPS) is 15.3. The van der Waals surface area contributed by atoms with Crippen molar-refractivity contribution in [3.05, 3.63) is 59.7 Å². The Morgan fingerprint density at radius 2 is 1.79 bits per heavy atom. The molecular weight excluding hydrogens is 394 g/mol. The first-order chi connectivity index (χ1) is 13.9. The zero-order chi connectivity index (χ0) is 20.9. The fourth-order valence-electron chi connectivity index (χ4n) is 2.91. The van der Waals surface area contributed by atoms with Crippen molar-refractivity contribution in [2.75, 3.05) is 26.3 Å². The molecule has 2 aromatic carbocycles. The number of benzene rings is 2. The summed E-state index contributed by atoms with van der Waals surface area (Å²) in [5.74, 6) is 0.195. The maximum atomic E-state index is 12.8. The first-order valence-electron chi connectivity index (χ1n) is 9.47. The molecule has 1 aliphatic rings. The van der Waals surface area contributed by atoms with Gasteiger partial charge in [-0.15, -0.1) is 0 Å². The van der Waals surface area contributed by atoms with Crippen molar-refractivity contribution in [3.8, 4) is 5.75 Å². The average molecular weight is 419 g/mol. The minimum Gasteiger partial charge on any atom is -0.491 e. The molecule has 0 radical (unpaired) electrons. The maximum Gasteiger partial charge on any atom is 0.338 e. The summed E-state index contributed by atoms with van der Waals surface area (Å²) in [7, 11) is -3.59. The second-order valence-electron chi connectivity index (χ2n) is 6.93. The molecule has 1 saturated heterocycles. The number of sulfonamides is 1. The van der Waals surface area contributed by atoms with Gasteiger partial charge in [-0.1, -0.05) is 12.1 Å². The van der Waals surface area contributed by atoms with Crippen LogP contribution in [0.5, 0.6) is 5.75 Å². The molecule has 29 heavy (non-hydrogen) atoms. The van der Waals surface area contributed by atoms with E-state index in [9.17, 15) is 13.2 Å². The fraction of sp³-hybridized carbons (Fsp3) is 0.381. The van der Waals surface area contributed by atoms with E-state index in [-0.39, 0.29) is 17.6 Å². The van der Waals surface area contributed by atoms with Gasteiger partial charge in [0.15, 0.2) is 0 Å². The average Bonchev–Trinajstić information content (AvgIpc) is 2.73. The standard InChI is InChI=1S/C21H25NO6S/c1-16(2)28-19-8-6-18(7-9-19)21(23)27-15-17-4-3-5-20(14-17)29(24,25)22-10-12-26-13-11-22/h3-9,14,16H,10-13,15H2,1-2H3. The Balaban J connectivity index is 1.63. The zero-order valence-electron chi connectivity index (χ0n) is 16.5. The Labute approximate surface area is 171 Å². The molecule has 2 aromatic rings. The number of ether oxygens (including phenoxy) is 3. The third-order valence-electron chi connectivity index (χ3n) is 4.34. The molecule has 0 amide bonds. The lowest BCUT2D eigenvalue weighted by atomic mass is 10.2. The molecule has 1 heterocycles. The second-order valence-corrected chi connectivity index (χ2v) is 8.87. The third kappa shape index (κ3) is 5.56. The lowest BCUT2D eigenvalue weighted by Gasteiger charge is -2.26. The Hall–Kier alpha value is -2.42. The van der Waals surface area contributed by atoms with E-state index >= 15 is 0 Å². The van der Waals surface area contributed by atoms with Crippen LogP contribution in [0.4, 0.5) is 0 Å². The van der Waals surface area contributed by atoms with Crippen molar-refractivity contribution in [1.29, 1.82) is 0 Å². The molecule has 0 atom stereocenters. The summed E-state index contributed by atoms with van der Waals surface area (Å²) in [6.45, 7) is 5.27. The number of morpholine rings is 1. The molecule has 0 saturated carbocycles. The maximum absolute atomic E-state index is 12.8. The van der Waals surface area contributed by atoms with E-state index in [4.69, 9.17) is 14.2 Å². The monoisotopic (exact) mass is 419 g/mol. The molecular formula is C21H25NO6S. The number of esters is 1. The summed E-state index contributed by atoms with van der Waals surface area (Å²) in [5.41, 5.74) is 1.01. The number of carbonyl (C=O) groups excluding carboxylic acids is 1. The summed E-state index contributed by atoms with van der Waals surface area (Å²) >= 11 is 0. The third-order valence-corrected chi connectivity index (χ3v) is 6.23. The van der Waals surface area contributed by atoms with Gasteiger partial charge in [-0.25, -0.2) is 13.2 Å². The van der Waals surface area contributed by atoms with Crippen LogP contribution in [-0.4, -0.2) is 51.1 Å². The van der Waals surface area contributed by atoms with Gasteiger partial charge in [-0.05, 0) is 55.8 Å². The summed E-state index contributed by atoms with van der Waals surface area (Å²) < 4.78 is 43.0. The number of rotatable bonds is 7. The first-order valence-corrected chi connectivity index (χ1v) is 10.9. The van der Waals surface area contributed by atoms with Crippen molar-refractivity contribution in [2.45, 2.75) is 31.5 Å². The molecule has 156 valence electrons. The lowest BCUT2D eigenvalue weighted by molar-refractivity contribution is 0.0472. The van der Waals surface area contributed by atoms with Crippen molar-refractivity contribution >= 4 is 16.0 Å².